The van der Waals surface area contributed by atoms with Crippen LogP contribution in [0.4, 0.5) is 5.69 Å². The molecule has 0 spiro atoms. The van der Waals surface area contributed by atoms with Gasteiger partial charge in [-0.25, -0.2) is 0 Å². The number of nitrogens with zero attached hydrogens (tertiary/aromatic N) is 2. The lowest BCUT2D eigenvalue weighted by Crippen LogP contribution is -2.33. The van der Waals surface area contributed by atoms with Crippen LogP contribution in [0, 0.1) is 0 Å². The van der Waals surface area contributed by atoms with Gasteiger partial charge in [-0.2, -0.15) is 0 Å². The molecule has 1 aliphatic heterocycles. The normalized spacial score (nSPS) is 13.4. The highest BCUT2D eigenvalue weighted by atomic mass is 35.5. The minimum Gasteiger partial charge on any atom is -0.375 e. The summed E-state index contributed by atoms with van der Waals surface area (Å²) < 4.78 is 0. The summed E-state index contributed by atoms with van der Waals surface area (Å²) >= 11 is 12.1. The van der Waals surface area contributed by atoms with Crippen molar-refractivity contribution < 1.29 is 14.4 Å². The van der Waals surface area contributed by atoms with Crippen molar-refractivity contribution in [2.24, 2.45) is 0 Å². The number of hydrogen-bond donors (Lipinski definition) is 1. The van der Waals surface area contributed by atoms with Crippen molar-refractivity contribution in [1.82, 2.24) is 10.2 Å². The Morgan fingerprint density at radius 2 is 1.49 bits per heavy atom. The van der Waals surface area contributed by atoms with Crippen LogP contribution in [0.5, 0.6) is 0 Å². The number of imide groups is 1. The van der Waals surface area contributed by atoms with Crippen molar-refractivity contribution in [2.75, 3.05) is 11.4 Å². The maximum absolute atomic E-state index is 13.0. The van der Waals surface area contributed by atoms with Gasteiger partial charge < -0.3 is 10.2 Å². The fraction of sp³-hybridized carbons (Fsp3) is 0.148. The molecule has 0 saturated carbocycles. The number of amides is 3. The maximum atomic E-state index is 13.0. The van der Waals surface area contributed by atoms with E-state index in [-0.39, 0.29) is 29.7 Å². The minimum atomic E-state index is -0.546. The number of rotatable bonds is 8. The molecule has 3 aromatic rings. The van der Waals surface area contributed by atoms with E-state index in [9.17, 15) is 14.4 Å². The summed E-state index contributed by atoms with van der Waals surface area (Å²) in [5.74, 6) is -1.13. The van der Waals surface area contributed by atoms with E-state index in [1.165, 1.54) is 0 Å². The third kappa shape index (κ3) is 5.39. The van der Waals surface area contributed by atoms with E-state index in [1.54, 1.807) is 53.4 Å². The molecule has 3 aromatic carbocycles. The molecule has 0 fully saturated rings. The summed E-state index contributed by atoms with van der Waals surface area (Å²) in [6, 6.07) is 23.5. The quantitative estimate of drug-likeness (QED) is 0.429. The summed E-state index contributed by atoms with van der Waals surface area (Å²) in [4.78, 5) is 41.1. The summed E-state index contributed by atoms with van der Waals surface area (Å²) in [5.41, 5.74) is 3.04. The monoisotopic (exact) mass is 507 g/mol. The summed E-state index contributed by atoms with van der Waals surface area (Å²) in [5, 5.41) is 3.41. The van der Waals surface area contributed by atoms with Crippen LogP contribution < -0.4 is 10.2 Å². The van der Waals surface area contributed by atoms with Gasteiger partial charge in [-0.05, 0) is 54.4 Å². The fourth-order valence-corrected chi connectivity index (χ4v) is 4.15. The highest BCUT2D eigenvalue weighted by Crippen LogP contribution is 2.25. The number of hydrogen-bond acceptors (Lipinski definition) is 4. The van der Waals surface area contributed by atoms with Crippen LogP contribution in [0.3, 0.4) is 0 Å². The molecule has 1 aliphatic rings. The average molecular weight is 508 g/mol. The lowest BCUT2D eigenvalue weighted by molar-refractivity contribution is -0.138. The Bertz CT molecular complexity index is 1270. The molecule has 0 aliphatic carbocycles. The van der Waals surface area contributed by atoms with Crippen LogP contribution in [-0.2, 0) is 22.7 Å². The second-order valence-electron chi connectivity index (χ2n) is 7.95. The number of carbonyl (C=O) groups excluding carboxylic acids is 3. The second kappa shape index (κ2) is 10.8. The van der Waals surface area contributed by atoms with Gasteiger partial charge in [0.15, 0.2) is 0 Å². The molecular formula is C27H23Cl2N3O3. The van der Waals surface area contributed by atoms with E-state index in [2.05, 4.69) is 5.32 Å². The predicted molar refractivity (Wildman–Crippen MR) is 137 cm³/mol. The first kappa shape index (κ1) is 24.5. The first-order chi connectivity index (χ1) is 16.9. The van der Waals surface area contributed by atoms with Gasteiger partial charge in [-0.1, -0.05) is 65.7 Å². The topological polar surface area (TPSA) is 69.7 Å². The molecule has 0 unspecified atom stereocenters. The van der Waals surface area contributed by atoms with Crippen molar-refractivity contribution in [3.63, 3.8) is 0 Å². The molecule has 1 heterocycles. The first-order valence-corrected chi connectivity index (χ1v) is 11.8. The van der Waals surface area contributed by atoms with Crippen LogP contribution >= 0.6 is 23.2 Å². The summed E-state index contributed by atoms with van der Waals surface area (Å²) in [6.07, 6.45) is 0. The highest BCUT2D eigenvalue weighted by Gasteiger charge is 2.37. The van der Waals surface area contributed by atoms with Crippen molar-refractivity contribution in [3.8, 4) is 0 Å². The molecule has 8 heteroatoms. The van der Waals surface area contributed by atoms with Crippen molar-refractivity contribution >= 4 is 46.6 Å². The summed E-state index contributed by atoms with van der Waals surface area (Å²) in [6.45, 7) is 2.84. The largest absolute Gasteiger partial charge is 0.375 e. The molecular weight excluding hydrogens is 485 g/mol. The van der Waals surface area contributed by atoms with Gasteiger partial charge in [0.25, 0.3) is 17.7 Å². The van der Waals surface area contributed by atoms with Crippen LogP contribution in [-0.4, -0.2) is 29.2 Å². The number of halogens is 2. The Hall–Kier alpha value is -3.61. The number of carbonyl (C=O) groups is 3. The molecule has 6 nitrogen and oxygen atoms in total. The van der Waals surface area contributed by atoms with E-state index in [4.69, 9.17) is 23.2 Å². The Balaban J connectivity index is 1.40. The zero-order valence-electron chi connectivity index (χ0n) is 19.0. The maximum Gasteiger partial charge on any atom is 0.278 e. The zero-order chi connectivity index (χ0) is 24.9. The smallest absolute Gasteiger partial charge is 0.278 e. The average Bonchev–Trinajstić information content (AvgIpc) is 3.08. The molecule has 0 aromatic heterocycles. The van der Waals surface area contributed by atoms with Gasteiger partial charge >= 0.3 is 0 Å². The third-order valence-corrected chi connectivity index (χ3v) is 6.27. The molecule has 4 rings (SSSR count). The lowest BCUT2D eigenvalue weighted by atomic mass is 10.1. The number of nitrogens with one attached hydrogen (secondary N) is 1. The van der Waals surface area contributed by atoms with Crippen LogP contribution in [0.25, 0.3) is 0 Å². The van der Waals surface area contributed by atoms with Gasteiger partial charge in [-0.15, -0.1) is 0 Å². The highest BCUT2D eigenvalue weighted by molar-refractivity contribution is 6.47. The van der Waals surface area contributed by atoms with Crippen LogP contribution in [0.1, 0.15) is 28.4 Å². The molecule has 3 amide bonds. The molecule has 1 N–H and O–H groups in total. The van der Waals surface area contributed by atoms with E-state index in [0.717, 1.165) is 21.7 Å². The van der Waals surface area contributed by atoms with Crippen LogP contribution in [0.15, 0.2) is 89.6 Å². The molecule has 0 saturated heterocycles. The summed E-state index contributed by atoms with van der Waals surface area (Å²) in [7, 11) is 0. The SMILES string of the molecule is CCN(C(=O)c1ccc(CNC2=C(Cl)C(=O)N(Cc3ccc(Cl)cc3)C2=O)cc1)c1ccccc1. The molecule has 0 radical (unpaired) electrons. The molecule has 0 bridgehead atoms. The number of para-hydroxylation sites is 1. The zero-order valence-corrected chi connectivity index (χ0v) is 20.5. The Labute approximate surface area is 213 Å². The second-order valence-corrected chi connectivity index (χ2v) is 8.76. The predicted octanol–water partition coefficient (Wildman–Crippen LogP) is 5.12. The van der Waals surface area contributed by atoms with Gasteiger partial charge in [0.1, 0.15) is 10.7 Å². The molecule has 178 valence electrons. The van der Waals surface area contributed by atoms with E-state index >= 15 is 0 Å². The van der Waals surface area contributed by atoms with Gasteiger partial charge in [0.05, 0.1) is 6.54 Å². The lowest BCUT2D eigenvalue weighted by Gasteiger charge is -2.21. The Kier molecular flexibility index (Phi) is 7.54. The van der Waals surface area contributed by atoms with Crippen molar-refractivity contribution in [2.45, 2.75) is 20.0 Å². The standard InChI is InChI=1S/C27H23Cl2N3O3/c1-2-31(22-6-4-3-5-7-22)25(33)20-12-8-18(9-13-20)16-30-24-23(29)26(34)32(27(24)35)17-19-10-14-21(28)15-11-19/h3-15,30H,2,16-17H2,1H3. The third-order valence-electron chi connectivity index (χ3n) is 5.66. The van der Waals surface area contributed by atoms with E-state index < -0.39 is 11.8 Å². The van der Waals surface area contributed by atoms with Crippen molar-refractivity contribution in [3.05, 3.63) is 111 Å². The van der Waals surface area contributed by atoms with Gasteiger partial charge in [-0.3, -0.25) is 19.3 Å². The number of anilines is 1. The Morgan fingerprint density at radius 3 is 2.11 bits per heavy atom. The number of benzene rings is 3. The van der Waals surface area contributed by atoms with Crippen molar-refractivity contribution in [1.29, 1.82) is 0 Å². The van der Waals surface area contributed by atoms with E-state index in [1.807, 2.05) is 37.3 Å². The molecule has 0 atom stereocenters. The van der Waals surface area contributed by atoms with E-state index in [0.29, 0.717) is 17.1 Å². The fourth-order valence-electron chi connectivity index (χ4n) is 3.78. The van der Waals surface area contributed by atoms with Gasteiger partial charge in [0.2, 0.25) is 0 Å². The minimum absolute atomic E-state index is 0.0621. The first-order valence-electron chi connectivity index (χ1n) is 11.1. The van der Waals surface area contributed by atoms with Crippen LogP contribution in [0.2, 0.25) is 5.02 Å². The Morgan fingerprint density at radius 1 is 0.857 bits per heavy atom. The van der Waals surface area contributed by atoms with Gasteiger partial charge in [0, 0.05) is 29.4 Å². The molecule has 35 heavy (non-hydrogen) atoms.